The van der Waals surface area contributed by atoms with Gasteiger partial charge in [-0.3, -0.25) is 9.69 Å². The summed E-state index contributed by atoms with van der Waals surface area (Å²) < 4.78 is 34.6. The molecule has 0 bridgehead atoms. The average Bonchev–Trinajstić information content (AvgIpc) is 2.91. The first kappa shape index (κ1) is 22.5. The number of halogens is 2. The fourth-order valence-electron chi connectivity index (χ4n) is 3.44. The molecule has 2 unspecified atom stereocenters. The number of rotatable bonds is 8. The van der Waals surface area contributed by atoms with E-state index in [0.717, 1.165) is 16.0 Å². The number of aliphatic hydroxyl groups excluding tert-OH is 1. The van der Waals surface area contributed by atoms with Crippen molar-refractivity contribution in [2.75, 3.05) is 13.2 Å². The smallest absolute Gasteiger partial charge is 0.387 e. The molecule has 0 aliphatic carbocycles. The molecule has 3 rings (SSSR count). The SMILES string of the molecule is Cc1ccc(OCC(O)CN2C(=O)NC(C)(c3ccc(OC(F)F)cc3)C2=O)c(C)c1. The van der Waals surface area contributed by atoms with E-state index < -0.39 is 30.2 Å². The summed E-state index contributed by atoms with van der Waals surface area (Å²) >= 11 is 0. The van der Waals surface area contributed by atoms with Crippen molar-refractivity contribution in [3.8, 4) is 11.5 Å². The van der Waals surface area contributed by atoms with Crippen molar-refractivity contribution >= 4 is 11.9 Å². The van der Waals surface area contributed by atoms with Crippen molar-refractivity contribution in [1.82, 2.24) is 10.2 Å². The van der Waals surface area contributed by atoms with E-state index in [2.05, 4.69) is 10.1 Å². The molecule has 2 aromatic rings. The van der Waals surface area contributed by atoms with Gasteiger partial charge in [0.05, 0.1) is 6.54 Å². The summed E-state index contributed by atoms with van der Waals surface area (Å²) in [5.41, 5.74) is 0.997. The van der Waals surface area contributed by atoms with Crippen LogP contribution in [-0.4, -0.2) is 47.8 Å². The quantitative estimate of drug-likeness (QED) is 0.624. The van der Waals surface area contributed by atoms with Crippen molar-refractivity contribution in [1.29, 1.82) is 0 Å². The van der Waals surface area contributed by atoms with Crippen molar-refractivity contribution in [2.45, 2.75) is 39.0 Å². The van der Waals surface area contributed by atoms with Gasteiger partial charge < -0.3 is 19.9 Å². The zero-order valence-electron chi connectivity index (χ0n) is 17.4. The van der Waals surface area contributed by atoms with Gasteiger partial charge in [-0.25, -0.2) is 4.79 Å². The van der Waals surface area contributed by atoms with Crippen LogP contribution >= 0.6 is 0 Å². The van der Waals surface area contributed by atoms with Crippen LogP contribution in [0.3, 0.4) is 0 Å². The monoisotopic (exact) mass is 434 g/mol. The van der Waals surface area contributed by atoms with Gasteiger partial charge in [0.1, 0.15) is 29.7 Å². The zero-order chi connectivity index (χ0) is 22.8. The van der Waals surface area contributed by atoms with Crippen LogP contribution in [0.5, 0.6) is 11.5 Å². The molecule has 9 heteroatoms. The summed E-state index contributed by atoms with van der Waals surface area (Å²) in [6, 6.07) is 10.4. The highest BCUT2D eigenvalue weighted by Gasteiger charge is 2.49. The lowest BCUT2D eigenvalue weighted by Gasteiger charge is -2.23. The number of alkyl halides is 2. The number of nitrogens with one attached hydrogen (secondary N) is 1. The summed E-state index contributed by atoms with van der Waals surface area (Å²) in [4.78, 5) is 26.3. The minimum absolute atomic E-state index is 0.0602. The predicted octanol–water partition coefficient (Wildman–Crippen LogP) is 3.11. The molecule has 1 aliphatic heterocycles. The van der Waals surface area contributed by atoms with E-state index in [1.54, 1.807) is 6.07 Å². The molecular weight excluding hydrogens is 410 g/mol. The van der Waals surface area contributed by atoms with Gasteiger partial charge in [-0.2, -0.15) is 8.78 Å². The largest absolute Gasteiger partial charge is 0.491 e. The molecule has 2 atom stereocenters. The maximum Gasteiger partial charge on any atom is 0.387 e. The minimum Gasteiger partial charge on any atom is -0.491 e. The van der Waals surface area contributed by atoms with Crippen LogP contribution in [0.4, 0.5) is 13.6 Å². The van der Waals surface area contributed by atoms with E-state index in [4.69, 9.17) is 4.74 Å². The summed E-state index contributed by atoms with van der Waals surface area (Å²) in [6.07, 6.45) is -1.10. The number of amides is 3. The van der Waals surface area contributed by atoms with Crippen LogP contribution in [0.25, 0.3) is 0 Å². The number of carbonyl (C=O) groups excluding carboxylic acids is 2. The third-order valence-corrected chi connectivity index (χ3v) is 5.09. The number of imide groups is 1. The molecule has 2 aromatic carbocycles. The average molecular weight is 434 g/mol. The van der Waals surface area contributed by atoms with E-state index in [9.17, 15) is 23.5 Å². The second-order valence-corrected chi connectivity index (χ2v) is 7.61. The van der Waals surface area contributed by atoms with Crippen molar-refractivity contribution in [3.63, 3.8) is 0 Å². The third kappa shape index (κ3) is 4.93. The van der Waals surface area contributed by atoms with Crippen LogP contribution in [0.2, 0.25) is 0 Å². The Balaban J connectivity index is 1.65. The Morgan fingerprint density at radius 2 is 1.81 bits per heavy atom. The Morgan fingerprint density at radius 3 is 2.42 bits per heavy atom. The fraction of sp³-hybridized carbons (Fsp3) is 0.364. The van der Waals surface area contributed by atoms with Crippen molar-refractivity contribution < 1.29 is 33.0 Å². The van der Waals surface area contributed by atoms with Crippen molar-refractivity contribution in [2.24, 2.45) is 0 Å². The zero-order valence-corrected chi connectivity index (χ0v) is 17.4. The summed E-state index contributed by atoms with van der Waals surface area (Å²) in [6.45, 7) is 2.04. The highest BCUT2D eigenvalue weighted by atomic mass is 19.3. The lowest BCUT2D eigenvalue weighted by atomic mass is 9.92. The number of carbonyl (C=O) groups is 2. The predicted molar refractivity (Wildman–Crippen MR) is 108 cm³/mol. The van der Waals surface area contributed by atoms with Gasteiger partial charge in [0.25, 0.3) is 5.91 Å². The van der Waals surface area contributed by atoms with E-state index in [0.29, 0.717) is 11.3 Å². The number of benzene rings is 2. The lowest BCUT2D eigenvalue weighted by molar-refractivity contribution is -0.132. The number of aryl methyl sites for hydroxylation is 2. The Hall–Kier alpha value is -3.20. The second-order valence-electron chi connectivity index (χ2n) is 7.61. The number of hydrogen-bond acceptors (Lipinski definition) is 5. The minimum atomic E-state index is -2.96. The maximum absolute atomic E-state index is 12.9. The van der Waals surface area contributed by atoms with E-state index in [-0.39, 0.29) is 18.9 Å². The Kier molecular flexibility index (Phi) is 6.45. The van der Waals surface area contributed by atoms with E-state index in [1.807, 2.05) is 26.0 Å². The van der Waals surface area contributed by atoms with E-state index >= 15 is 0 Å². The normalized spacial score (nSPS) is 19.5. The Bertz CT molecular complexity index is 967. The van der Waals surface area contributed by atoms with Crippen LogP contribution in [0, 0.1) is 13.8 Å². The molecule has 31 heavy (non-hydrogen) atoms. The standard InChI is InChI=1S/C22H24F2N2O5/c1-13-4-9-18(14(2)10-13)30-12-16(27)11-26-19(28)22(3,25-21(26)29)15-5-7-17(8-6-15)31-20(23)24/h4-10,16,20,27H,11-12H2,1-3H3,(H,25,29). The number of ether oxygens (including phenoxy) is 2. The number of urea groups is 1. The van der Waals surface area contributed by atoms with Crippen LogP contribution in [-0.2, 0) is 10.3 Å². The molecular formula is C22H24F2N2O5. The molecule has 0 aromatic heterocycles. The molecule has 1 heterocycles. The molecule has 166 valence electrons. The molecule has 1 aliphatic rings. The molecule has 0 saturated carbocycles. The third-order valence-electron chi connectivity index (χ3n) is 5.09. The van der Waals surface area contributed by atoms with Crippen LogP contribution < -0.4 is 14.8 Å². The van der Waals surface area contributed by atoms with Gasteiger partial charge in [0.2, 0.25) is 0 Å². The number of β-amino-alcohol motifs (C(OH)–C–C–N with tert-alkyl or cyclic N) is 1. The molecule has 0 spiro atoms. The molecule has 0 radical (unpaired) electrons. The van der Waals surface area contributed by atoms with Gasteiger partial charge in [-0.15, -0.1) is 0 Å². The van der Waals surface area contributed by atoms with Gasteiger partial charge in [0, 0.05) is 0 Å². The lowest BCUT2D eigenvalue weighted by Crippen LogP contribution is -2.42. The van der Waals surface area contributed by atoms with Crippen molar-refractivity contribution in [3.05, 3.63) is 59.2 Å². The van der Waals surface area contributed by atoms with Gasteiger partial charge in [0.15, 0.2) is 0 Å². The maximum atomic E-state index is 12.9. The first-order valence-corrected chi connectivity index (χ1v) is 9.67. The van der Waals surface area contributed by atoms with E-state index in [1.165, 1.54) is 31.2 Å². The van der Waals surface area contributed by atoms with Gasteiger partial charge >= 0.3 is 12.6 Å². The number of nitrogens with zero attached hydrogens (tertiary/aromatic N) is 1. The molecule has 7 nitrogen and oxygen atoms in total. The van der Waals surface area contributed by atoms with Crippen LogP contribution in [0.15, 0.2) is 42.5 Å². The summed E-state index contributed by atoms with van der Waals surface area (Å²) in [7, 11) is 0. The fourth-order valence-corrected chi connectivity index (χ4v) is 3.44. The summed E-state index contributed by atoms with van der Waals surface area (Å²) in [5, 5.41) is 12.9. The van der Waals surface area contributed by atoms with Crippen LogP contribution in [0.1, 0.15) is 23.6 Å². The van der Waals surface area contributed by atoms with Gasteiger partial charge in [-0.1, -0.05) is 29.8 Å². The molecule has 2 N–H and O–H groups in total. The number of aliphatic hydroxyl groups is 1. The Labute approximate surface area is 178 Å². The highest BCUT2D eigenvalue weighted by Crippen LogP contribution is 2.30. The number of hydrogen-bond donors (Lipinski definition) is 2. The molecule has 3 amide bonds. The first-order chi connectivity index (χ1) is 14.6. The first-order valence-electron chi connectivity index (χ1n) is 9.67. The summed E-state index contributed by atoms with van der Waals surface area (Å²) in [5.74, 6) is -0.0154. The highest BCUT2D eigenvalue weighted by molar-refractivity contribution is 6.07. The second kappa shape index (κ2) is 8.89. The topological polar surface area (TPSA) is 88.1 Å². The molecule has 1 saturated heterocycles. The van der Waals surface area contributed by atoms with Gasteiger partial charge in [-0.05, 0) is 50.1 Å². The Morgan fingerprint density at radius 1 is 1.13 bits per heavy atom. The molecule has 1 fully saturated rings.